The molecule has 0 spiro atoms. The van der Waals surface area contributed by atoms with Crippen molar-refractivity contribution in [2.75, 3.05) is 26.9 Å². The third-order valence-corrected chi connectivity index (χ3v) is 4.79. The number of ether oxygens (including phenoxy) is 2. The highest BCUT2D eigenvalue weighted by molar-refractivity contribution is 6.30. The zero-order chi connectivity index (χ0) is 20.5. The van der Waals surface area contributed by atoms with Gasteiger partial charge in [0, 0.05) is 31.6 Å². The summed E-state index contributed by atoms with van der Waals surface area (Å²) >= 11 is 5.89. The fraction of sp³-hybridized carbons (Fsp3) is 0.364. The maximum absolute atomic E-state index is 11.6. The van der Waals surface area contributed by atoms with E-state index in [1.807, 2.05) is 42.5 Å². The highest BCUT2D eigenvalue weighted by Gasteiger charge is 2.10. The lowest BCUT2D eigenvalue weighted by molar-refractivity contribution is -0.124. The van der Waals surface area contributed by atoms with E-state index in [0.29, 0.717) is 24.6 Å². The molecule has 1 amide bonds. The predicted molar refractivity (Wildman–Crippen MR) is 115 cm³/mol. The number of imidazole rings is 1. The van der Waals surface area contributed by atoms with Gasteiger partial charge in [0.05, 0.1) is 17.6 Å². The SMILES string of the molecule is COCC(=O)NCCc1nc2ccccc2n1CCCCOc1ccc(Cl)cc1. The van der Waals surface area contributed by atoms with Crippen LogP contribution in [-0.4, -0.2) is 42.3 Å². The molecular formula is C22H26ClN3O3. The van der Waals surface area contributed by atoms with E-state index < -0.39 is 0 Å². The molecule has 1 heterocycles. The number of benzene rings is 2. The number of aryl methyl sites for hydroxylation is 1. The van der Waals surface area contributed by atoms with Crippen molar-refractivity contribution in [3.8, 4) is 5.75 Å². The van der Waals surface area contributed by atoms with Crippen molar-refractivity contribution in [2.24, 2.45) is 0 Å². The molecule has 0 saturated carbocycles. The number of hydrogen-bond donors (Lipinski definition) is 1. The van der Waals surface area contributed by atoms with Crippen LogP contribution in [-0.2, 0) is 22.5 Å². The standard InChI is InChI=1S/C22H26ClN3O3/c1-28-16-22(27)24-13-12-21-25-19-6-2-3-7-20(19)26(21)14-4-5-15-29-18-10-8-17(23)9-11-18/h2-3,6-11H,4-5,12-16H2,1H3,(H,24,27). The van der Waals surface area contributed by atoms with Crippen molar-refractivity contribution < 1.29 is 14.3 Å². The zero-order valence-corrected chi connectivity index (χ0v) is 17.3. The fourth-order valence-electron chi connectivity index (χ4n) is 3.15. The Balaban J connectivity index is 1.54. The Hall–Kier alpha value is -2.57. The van der Waals surface area contributed by atoms with E-state index in [1.54, 1.807) is 0 Å². The van der Waals surface area contributed by atoms with Crippen LogP contribution in [0, 0.1) is 0 Å². The number of rotatable bonds is 11. The van der Waals surface area contributed by atoms with Crippen LogP contribution in [0.4, 0.5) is 0 Å². The Bertz CT molecular complexity index is 925. The minimum Gasteiger partial charge on any atom is -0.494 e. The van der Waals surface area contributed by atoms with Gasteiger partial charge in [-0.3, -0.25) is 4.79 Å². The molecule has 0 unspecified atom stereocenters. The van der Waals surface area contributed by atoms with Gasteiger partial charge in [-0.2, -0.15) is 0 Å². The minimum atomic E-state index is -0.116. The lowest BCUT2D eigenvalue weighted by Crippen LogP contribution is -2.29. The second-order valence-electron chi connectivity index (χ2n) is 6.71. The summed E-state index contributed by atoms with van der Waals surface area (Å²) in [5, 5.41) is 3.56. The summed E-state index contributed by atoms with van der Waals surface area (Å²) in [7, 11) is 1.51. The monoisotopic (exact) mass is 415 g/mol. The number of nitrogens with one attached hydrogen (secondary N) is 1. The number of para-hydroxylation sites is 2. The number of carbonyl (C=O) groups is 1. The Morgan fingerprint density at radius 2 is 1.93 bits per heavy atom. The highest BCUT2D eigenvalue weighted by Crippen LogP contribution is 2.18. The molecule has 1 N–H and O–H groups in total. The van der Waals surface area contributed by atoms with Crippen molar-refractivity contribution in [1.29, 1.82) is 0 Å². The number of fused-ring (bicyclic) bond motifs is 1. The maximum atomic E-state index is 11.6. The molecule has 2 aromatic carbocycles. The molecule has 7 heteroatoms. The van der Waals surface area contributed by atoms with E-state index in [0.717, 1.165) is 42.0 Å². The number of hydrogen-bond acceptors (Lipinski definition) is 4. The molecule has 0 aliphatic rings. The molecule has 0 saturated heterocycles. The van der Waals surface area contributed by atoms with Crippen molar-refractivity contribution in [3.63, 3.8) is 0 Å². The van der Waals surface area contributed by atoms with Gasteiger partial charge in [0.1, 0.15) is 18.2 Å². The van der Waals surface area contributed by atoms with Crippen molar-refractivity contribution in [2.45, 2.75) is 25.8 Å². The van der Waals surface area contributed by atoms with Gasteiger partial charge in [0.2, 0.25) is 5.91 Å². The Morgan fingerprint density at radius 3 is 2.72 bits per heavy atom. The highest BCUT2D eigenvalue weighted by atomic mass is 35.5. The van der Waals surface area contributed by atoms with Crippen LogP contribution in [0.2, 0.25) is 5.02 Å². The quantitative estimate of drug-likeness (QED) is 0.483. The average Bonchev–Trinajstić information content (AvgIpc) is 3.07. The Kier molecular flexibility index (Phi) is 7.90. The van der Waals surface area contributed by atoms with E-state index in [1.165, 1.54) is 7.11 Å². The Morgan fingerprint density at radius 1 is 1.14 bits per heavy atom. The molecule has 29 heavy (non-hydrogen) atoms. The van der Waals surface area contributed by atoms with Gasteiger partial charge in [0.25, 0.3) is 0 Å². The number of halogens is 1. The molecule has 0 fully saturated rings. The van der Waals surface area contributed by atoms with Gasteiger partial charge in [-0.25, -0.2) is 4.98 Å². The van der Waals surface area contributed by atoms with Crippen LogP contribution in [0.25, 0.3) is 11.0 Å². The first-order valence-electron chi connectivity index (χ1n) is 9.75. The summed E-state index contributed by atoms with van der Waals surface area (Å²) in [6.45, 7) is 2.11. The summed E-state index contributed by atoms with van der Waals surface area (Å²) in [5.41, 5.74) is 2.09. The third-order valence-electron chi connectivity index (χ3n) is 4.54. The van der Waals surface area contributed by atoms with Gasteiger partial charge in [-0.15, -0.1) is 0 Å². The molecule has 0 aliphatic heterocycles. The number of unbranched alkanes of at least 4 members (excludes halogenated alkanes) is 1. The normalized spacial score (nSPS) is 11.0. The molecule has 3 rings (SSSR count). The topological polar surface area (TPSA) is 65.4 Å². The minimum absolute atomic E-state index is 0.0734. The van der Waals surface area contributed by atoms with Crippen LogP contribution in [0.5, 0.6) is 5.75 Å². The van der Waals surface area contributed by atoms with E-state index in [2.05, 4.69) is 16.0 Å². The van der Waals surface area contributed by atoms with Crippen molar-refractivity contribution >= 4 is 28.5 Å². The van der Waals surface area contributed by atoms with Crippen LogP contribution >= 0.6 is 11.6 Å². The molecule has 0 bridgehead atoms. The van der Waals surface area contributed by atoms with Gasteiger partial charge >= 0.3 is 0 Å². The van der Waals surface area contributed by atoms with E-state index in [9.17, 15) is 4.79 Å². The first-order valence-corrected chi connectivity index (χ1v) is 10.1. The molecule has 1 aromatic heterocycles. The van der Waals surface area contributed by atoms with Crippen LogP contribution in [0.1, 0.15) is 18.7 Å². The summed E-state index contributed by atoms with van der Waals surface area (Å²) in [6, 6.07) is 15.5. The second-order valence-corrected chi connectivity index (χ2v) is 7.15. The lowest BCUT2D eigenvalue weighted by atomic mass is 10.3. The third kappa shape index (κ3) is 6.21. The van der Waals surface area contributed by atoms with E-state index in [4.69, 9.17) is 26.1 Å². The number of methoxy groups -OCH3 is 1. The molecule has 3 aromatic rings. The van der Waals surface area contributed by atoms with Crippen molar-refractivity contribution in [1.82, 2.24) is 14.9 Å². The van der Waals surface area contributed by atoms with Crippen LogP contribution < -0.4 is 10.1 Å². The molecule has 0 atom stereocenters. The molecule has 0 aliphatic carbocycles. The molecule has 154 valence electrons. The maximum Gasteiger partial charge on any atom is 0.245 e. The largest absolute Gasteiger partial charge is 0.494 e. The number of nitrogens with zero attached hydrogens (tertiary/aromatic N) is 2. The Labute approximate surface area is 175 Å². The number of amides is 1. The van der Waals surface area contributed by atoms with Crippen LogP contribution in [0.3, 0.4) is 0 Å². The average molecular weight is 416 g/mol. The van der Waals surface area contributed by atoms with Gasteiger partial charge in [-0.05, 0) is 49.2 Å². The van der Waals surface area contributed by atoms with Gasteiger partial charge in [0.15, 0.2) is 0 Å². The first kappa shape index (κ1) is 21.1. The summed E-state index contributed by atoms with van der Waals surface area (Å²) < 4.78 is 12.8. The number of aromatic nitrogens is 2. The summed E-state index contributed by atoms with van der Waals surface area (Å²) in [6.07, 6.45) is 2.57. The zero-order valence-electron chi connectivity index (χ0n) is 16.6. The van der Waals surface area contributed by atoms with E-state index >= 15 is 0 Å². The van der Waals surface area contributed by atoms with Crippen LogP contribution in [0.15, 0.2) is 48.5 Å². The number of carbonyl (C=O) groups excluding carboxylic acids is 1. The van der Waals surface area contributed by atoms with Crippen molar-refractivity contribution in [3.05, 3.63) is 59.4 Å². The predicted octanol–water partition coefficient (Wildman–Crippen LogP) is 3.85. The first-order chi connectivity index (χ1) is 14.2. The second kappa shape index (κ2) is 10.8. The van der Waals surface area contributed by atoms with Gasteiger partial charge in [-0.1, -0.05) is 23.7 Å². The molecule has 6 nitrogen and oxygen atoms in total. The summed E-state index contributed by atoms with van der Waals surface area (Å²) in [5.74, 6) is 1.69. The molecular weight excluding hydrogens is 390 g/mol. The smallest absolute Gasteiger partial charge is 0.245 e. The lowest BCUT2D eigenvalue weighted by Gasteiger charge is -2.11. The van der Waals surface area contributed by atoms with E-state index in [-0.39, 0.29) is 12.5 Å². The van der Waals surface area contributed by atoms with Gasteiger partial charge < -0.3 is 19.4 Å². The molecule has 0 radical (unpaired) electrons. The summed E-state index contributed by atoms with van der Waals surface area (Å²) in [4.78, 5) is 16.3. The fourth-order valence-corrected chi connectivity index (χ4v) is 3.28.